The first kappa shape index (κ1) is 16.8. The van der Waals surface area contributed by atoms with Gasteiger partial charge in [-0.1, -0.05) is 24.3 Å². The molecule has 0 radical (unpaired) electrons. The van der Waals surface area contributed by atoms with Crippen LogP contribution >= 0.6 is 0 Å². The van der Waals surface area contributed by atoms with Gasteiger partial charge < -0.3 is 5.32 Å². The van der Waals surface area contributed by atoms with Gasteiger partial charge >= 0.3 is 0 Å². The van der Waals surface area contributed by atoms with Gasteiger partial charge in [0.05, 0.1) is 6.04 Å². The summed E-state index contributed by atoms with van der Waals surface area (Å²) < 4.78 is 27.1. The summed E-state index contributed by atoms with van der Waals surface area (Å²) >= 11 is 0. The van der Waals surface area contributed by atoms with Crippen molar-refractivity contribution in [3.05, 3.63) is 88.7 Å². The molecular formula is C19H17F2N3O. The zero-order valence-electron chi connectivity index (χ0n) is 13.6. The summed E-state index contributed by atoms with van der Waals surface area (Å²) in [7, 11) is 0. The Hall–Kier alpha value is -3.02. The Kier molecular flexibility index (Phi) is 4.88. The van der Waals surface area contributed by atoms with Gasteiger partial charge in [0, 0.05) is 5.69 Å². The SMILES string of the molecule is Cc1cc(C(=O)NC(Cc2cccc(F)c2)c2cccc(F)c2)n[nH]1. The van der Waals surface area contributed by atoms with Crippen LogP contribution in [0.4, 0.5) is 8.78 Å². The molecule has 0 aliphatic rings. The maximum Gasteiger partial charge on any atom is 0.272 e. The zero-order valence-corrected chi connectivity index (χ0v) is 13.6. The van der Waals surface area contributed by atoms with Crippen LogP contribution < -0.4 is 5.32 Å². The third-order valence-corrected chi connectivity index (χ3v) is 3.82. The molecule has 0 fully saturated rings. The molecule has 0 aliphatic carbocycles. The minimum Gasteiger partial charge on any atom is -0.344 e. The van der Waals surface area contributed by atoms with Crippen molar-refractivity contribution in [2.45, 2.75) is 19.4 Å². The number of hydrogen-bond donors (Lipinski definition) is 2. The molecule has 0 saturated carbocycles. The van der Waals surface area contributed by atoms with E-state index in [4.69, 9.17) is 0 Å². The lowest BCUT2D eigenvalue weighted by molar-refractivity contribution is 0.0931. The third-order valence-electron chi connectivity index (χ3n) is 3.82. The molecule has 1 aromatic heterocycles. The highest BCUT2D eigenvalue weighted by Crippen LogP contribution is 2.20. The molecule has 1 unspecified atom stereocenters. The first-order valence-electron chi connectivity index (χ1n) is 7.84. The Morgan fingerprint density at radius 3 is 2.48 bits per heavy atom. The van der Waals surface area contributed by atoms with Crippen LogP contribution in [0.15, 0.2) is 54.6 Å². The van der Waals surface area contributed by atoms with Crippen LogP contribution in [0.1, 0.15) is 33.4 Å². The molecule has 2 aromatic carbocycles. The lowest BCUT2D eigenvalue weighted by atomic mass is 9.98. The first-order chi connectivity index (χ1) is 12.0. The predicted molar refractivity (Wildman–Crippen MR) is 90.0 cm³/mol. The van der Waals surface area contributed by atoms with Gasteiger partial charge in [-0.25, -0.2) is 8.78 Å². The second-order valence-electron chi connectivity index (χ2n) is 5.85. The number of aromatic nitrogens is 2. The van der Waals surface area contributed by atoms with E-state index in [-0.39, 0.29) is 17.4 Å². The van der Waals surface area contributed by atoms with Gasteiger partial charge in [0.2, 0.25) is 0 Å². The minimum atomic E-state index is -0.512. The summed E-state index contributed by atoms with van der Waals surface area (Å²) in [5.41, 5.74) is 2.31. The Labute approximate surface area is 143 Å². The van der Waals surface area contributed by atoms with Crippen molar-refractivity contribution < 1.29 is 13.6 Å². The predicted octanol–water partition coefficient (Wildman–Crippen LogP) is 3.71. The molecule has 25 heavy (non-hydrogen) atoms. The molecular weight excluding hydrogens is 324 g/mol. The Bertz CT molecular complexity index is 892. The van der Waals surface area contributed by atoms with Gasteiger partial charge in [0.25, 0.3) is 5.91 Å². The number of amides is 1. The van der Waals surface area contributed by atoms with Crippen molar-refractivity contribution in [3.8, 4) is 0 Å². The minimum absolute atomic E-state index is 0.248. The molecule has 1 amide bonds. The first-order valence-corrected chi connectivity index (χ1v) is 7.84. The molecule has 128 valence electrons. The number of aromatic amines is 1. The fourth-order valence-electron chi connectivity index (χ4n) is 2.64. The van der Waals surface area contributed by atoms with Gasteiger partial charge in [0.1, 0.15) is 17.3 Å². The molecule has 0 aliphatic heterocycles. The van der Waals surface area contributed by atoms with E-state index in [0.717, 1.165) is 5.69 Å². The van der Waals surface area contributed by atoms with Crippen LogP contribution in [0.2, 0.25) is 0 Å². The lowest BCUT2D eigenvalue weighted by Gasteiger charge is -2.19. The van der Waals surface area contributed by atoms with E-state index in [1.54, 1.807) is 37.3 Å². The summed E-state index contributed by atoms with van der Waals surface area (Å²) in [4.78, 5) is 12.4. The fraction of sp³-hybridized carbons (Fsp3) is 0.158. The molecule has 0 spiro atoms. The largest absolute Gasteiger partial charge is 0.344 e. The van der Waals surface area contributed by atoms with Crippen molar-refractivity contribution >= 4 is 5.91 Å². The zero-order chi connectivity index (χ0) is 17.8. The normalized spacial score (nSPS) is 12.0. The van der Waals surface area contributed by atoms with Gasteiger partial charge in [-0.15, -0.1) is 0 Å². The van der Waals surface area contributed by atoms with E-state index < -0.39 is 11.9 Å². The molecule has 1 atom stereocenters. The highest BCUT2D eigenvalue weighted by molar-refractivity contribution is 5.92. The second kappa shape index (κ2) is 7.25. The third kappa shape index (κ3) is 4.29. The van der Waals surface area contributed by atoms with Crippen molar-refractivity contribution in [1.29, 1.82) is 0 Å². The molecule has 4 nitrogen and oxygen atoms in total. The van der Waals surface area contributed by atoms with E-state index in [0.29, 0.717) is 17.5 Å². The van der Waals surface area contributed by atoms with Crippen LogP contribution in [0.5, 0.6) is 0 Å². The number of carbonyl (C=O) groups is 1. The summed E-state index contributed by atoms with van der Waals surface area (Å²) in [5, 5.41) is 9.49. The molecule has 0 bridgehead atoms. The van der Waals surface area contributed by atoms with E-state index in [1.165, 1.54) is 24.3 Å². The highest BCUT2D eigenvalue weighted by Gasteiger charge is 2.19. The monoisotopic (exact) mass is 341 g/mol. The van der Waals surface area contributed by atoms with E-state index in [1.807, 2.05) is 0 Å². The van der Waals surface area contributed by atoms with Gasteiger partial charge in [-0.05, 0) is 54.8 Å². The quantitative estimate of drug-likeness (QED) is 0.743. The topological polar surface area (TPSA) is 57.8 Å². The number of hydrogen-bond acceptors (Lipinski definition) is 2. The molecule has 1 heterocycles. The van der Waals surface area contributed by atoms with E-state index in [2.05, 4.69) is 15.5 Å². The van der Waals surface area contributed by atoms with Crippen molar-refractivity contribution in [1.82, 2.24) is 15.5 Å². The van der Waals surface area contributed by atoms with Crippen LogP contribution in [-0.4, -0.2) is 16.1 Å². The Balaban J connectivity index is 1.87. The maximum atomic E-state index is 13.6. The van der Waals surface area contributed by atoms with Crippen LogP contribution in [0, 0.1) is 18.6 Å². The van der Waals surface area contributed by atoms with Gasteiger partial charge in [-0.2, -0.15) is 5.10 Å². The van der Waals surface area contributed by atoms with E-state index in [9.17, 15) is 13.6 Å². The number of carbonyl (C=O) groups excluding carboxylic acids is 1. The van der Waals surface area contributed by atoms with Crippen LogP contribution in [-0.2, 0) is 6.42 Å². The lowest BCUT2D eigenvalue weighted by Crippen LogP contribution is -2.30. The summed E-state index contributed by atoms with van der Waals surface area (Å²) in [5.74, 6) is -1.13. The van der Waals surface area contributed by atoms with Crippen LogP contribution in [0.3, 0.4) is 0 Å². The van der Waals surface area contributed by atoms with E-state index >= 15 is 0 Å². The number of nitrogens with zero attached hydrogens (tertiary/aromatic N) is 1. The molecule has 0 saturated heterocycles. The number of H-pyrrole nitrogens is 1. The second-order valence-corrected chi connectivity index (χ2v) is 5.85. The van der Waals surface area contributed by atoms with Crippen molar-refractivity contribution in [2.75, 3.05) is 0 Å². The van der Waals surface area contributed by atoms with Crippen molar-refractivity contribution in [3.63, 3.8) is 0 Å². The number of halogens is 2. The summed E-state index contributed by atoms with van der Waals surface area (Å²) in [6.45, 7) is 1.79. The average Bonchev–Trinajstić information content (AvgIpc) is 3.01. The number of rotatable bonds is 5. The number of nitrogens with one attached hydrogen (secondary N) is 2. The molecule has 6 heteroatoms. The average molecular weight is 341 g/mol. The standard InChI is InChI=1S/C19H17F2N3O/c1-12-8-18(24-23-12)19(25)22-17(14-5-3-7-16(21)11-14)10-13-4-2-6-15(20)9-13/h2-9,11,17H,10H2,1H3,(H,22,25)(H,23,24). The number of aryl methyl sites for hydroxylation is 1. The molecule has 3 aromatic rings. The Morgan fingerprint density at radius 1 is 1.12 bits per heavy atom. The molecule has 3 rings (SSSR count). The summed E-state index contributed by atoms with van der Waals surface area (Å²) in [6.07, 6.45) is 0.330. The Morgan fingerprint density at radius 2 is 1.84 bits per heavy atom. The summed E-state index contributed by atoms with van der Waals surface area (Å²) in [6, 6.07) is 13.2. The fourth-order valence-corrected chi connectivity index (χ4v) is 2.64. The maximum absolute atomic E-state index is 13.6. The highest BCUT2D eigenvalue weighted by atomic mass is 19.1. The van der Waals surface area contributed by atoms with Crippen LogP contribution in [0.25, 0.3) is 0 Å². The number of benzene rings is 2. The molecule has 2 N–H and O–H groups in total. The van der Waals surface area contributed by atoms with Crippen molar-refractivity contribution in [2.24, 2.45) is 0 Å². The van der Waals surface area contributed by atoms with Gasteiger partial charge in [0.15, 0.2) is 0 Å². The van der Waals surface area contributed by atoms with Gasteiger partial charge in [-0.3, -0.25) is 9.89 Å². The smallest absolute Gasteiger partial charge is 0.272 e.